The fourth-order valence-electron chi connectivity index (χ4n) is 2.41. The molecule has 0 saturated heterocycles. The first-order chi connectivity index (χ1) is 9.69. The molecule has 0 radical (unpaired) electrons. The second kappa shape index (κ2) is 5.21. The Hall–Kier alpha value is -1.94. The molecule has 0 aliphatic rings. The maximum atomic E-state index is 6.09. The summed E-state index contributed by atoms with van der Waals surface area (Å²) in [5, 5.41) is 1.16. The molecule has 2 aromatic carbocycles. The van der Waals surface area contributed by atoms with Crippen molar-refractivity contribution < 1.29 is 4.74 Å². The number of aromatic nitrogens is 1. The highest BCUT2D eigenvalue weighted by Gasteiger charge is 2.08. The molecule has 0 unspecified atom stereocenters. The van der Waals surface area contributed by atoms with Crippen molar-refractivity contribution in [2.75, 3.05) is 12.8 Å². The predicted molar refractivity (Wildman–Crippen MR) is 86.1 cm³/mol. The lowest BCUT2D eigenvalue weighted by Gasteiger charge is -2.11. The standard InChI is InChI=1S/C16H15BrN2O/c1-20-13-5-6-14(17)12(9-13)10-19-8-7-11-3-2-4-15(18)16(11)19/h2-9H,10,18H2,1H3. The second-order valence-corrected chi connectivity index (χ2v) is 5.54. The Labute approximate surface area is 126 Å². The Morgan fingerprint density at radius 2 is 2.05 bits per heavy atom. The first kappa shape index (κ1) is 13.1. The van der Waals surface area contributed by atoms with Crippen LogP contribution in [0.5, 0.6) is 5.75 Å². The summed E-state index contributed by atoms with van der Waals surface area (Å²) >= 11 is 3.59. The fourth-order valence-corrected chi connectivity index (χ4v) is 2.78. The number of nitrogen functional groups attached to an aromatic ring is 1. The van der Waals surface area contributed by atoms with Crippen molar-refractivity contribution >= 4 is 32.5 Å². The summed E-state index contributed by atoms with van der Waals surface area (Å²) < 4.78 is 8.51. The van der Waals surface area contributed by atoms with Gasteiger partial charge in [0.2, 0.25) is 0 Å². The number of halogens is 1. The summed E-state index contributed by atoms with van der Waals surface area (Å²) in [4.78, 5) is 0. The second-order valence-electron chi connectivity index (χ2n) is 4.69. The minimum Gasteiger partial charge on any atom is -0.497 e. The molecule has 0 aliphatic heterocycles. The van der Waals surface area contributed by atoms with Crippen LogP contribution in [0, 0.1) is 0 Å². The molecular formula is C16H15BrN2O. The van der Waals surface area contributed by atoms with E-state index >= 15 is 0 Å². The topological polar surface area (TPSA) is 40.2 Å². The van der Waals surface area contributed by atoms with E-state index < -0.39 is 0 Å². The summed E-state index contributed by atoms with van der Waals surface area (Å²) in [5.41, 5.74) is 9.12. The lowest BCUT2D eigenvalue weighted by atomic mass is 10.2. The third-order valence-corrected chi connectivity index (χ3v) is 4.19. The van der Waals surface area contributed by atoms with Crippen molar-refractivity contribution in [3.05, 3.63) is 58.7 Å². The predicted octanol–water partition coefficient (Wildman–Crippen LogP) is 4.04. The lowest BCUT2D eigenvalue weighted by molar-refractivity contribution is 0.414. The zero-order valence-electron chi connectivity index (χ0n) is 11.1. The third kappa shape index (κ3) is 2.27. The number of anilines is 1. The van der Waals surface area contributed by atoms with E-state index in [1.54, 1.807) is 7.11 Å². The van der Waals surface area contributed by atoms with Gasteiger partial charge in [0.1, 0.15) is 5.75 Å². The van der Waals surface area contributed by atoms with Gasteiger partial charge in [-0.25, -0.2) is 0 Å². The van der Waals surface area contributed by atoms with Crippen molar-refractivity contribution in [3.8, 4) is 5.75 Å². The zero-order valence-corrected chi connectivity index (χ0v) is 12.7. The van der Waals surface area contributed by atoms with Gasteiger partial charge < -0.3 is 15.0 Å². The van der Waals surface area contributed by atoms with Crippen LogP contribution in [0.25, 0.3) is 10.9 Å². The lowest BCUT2D eigenvalue weighted by Crippen LogP contribution is -2.01. The molecule has 3 nitrogen and oxygen atoms in total. The number of rotatable bonds is 3. The largest absolute Gasteiger partial charge is 0.497 e. The van der Waals surface area contributed by atoms with Crippen LogP contribution in [0.15, 0.2) is 53.1 Å². The van der Waals surface area contributed by atoms with Crippen molar-refractivity contribution in [2.45, 2.75) is 6.54 Å². The van der Waals surface area contributed by atoms with Crippen LogP contribution in [-0.2, 0) is 6.54 Å². The monoisotopic (exact) mass is 330 g/mol. The molecule has 0 saturated carbocycles. The summed E-state index contributed by atoms with van der Waals surface area (Å²) in [6.07, 6.45) is 2.06. The number of para-hydroxylation sites is 1. The number of ether oxygens (including phenoxy) is 1. The highest BCUT2D eigenvalue weighted by molar-refractivity contribution is 9.10. The van der Waals surface area contributed by atoms with Crippen molar-refractivity contribution in [3.63, 3.8) is 0 Å². The average molecular weight is 331 g/mol. The fraction of sp³-hybridized carbons (Fsp3) is 0.125. The van der Waals surface area contributed by atoms with E-state index in [2.05, 4.69) is 38.8 Å². The Morgan fingerprint density at radius 3 is 2.85 bits per heavy atom. The molecule has 102 valence electrons. The molecule has 1 aromatic heterocycles. The number of nitrogens with zero attached hydrogens (tertiary/aromatic N) is 1. The van der Waals surface area contributed by atoms with Crippen LogP contribution in [0.2, 0.25) is 0 Å². The first-order valence-corrected chi connectivity index (χ1v) is 7.14. The molecule has 0 amide bonds. The molecule has 0 atom stereocenters. The Morgan fingerprint density at radius 1 is 1.20 bits per heavy atom. The highest BCUT2D eigenvalue weighted by Crippen LogP contribution is 2.27. The smallest absolute Gasteiger partial charge is 0.119 e. The Balaban J connectivity index is 2.05. The number of methoxy groups -OCH3 is 1. The van der Waals surface area contributed by atoms with Gasteiger partial charge in [0.05, 0.1) is 18.3 Å². The molecule has 2 N–H and O–H groups in total. The highest BCUT2D eigenvalue weighted by atomic mass is 79.9. The number of nitrogens with two attached hydrogens (primary N) is 1. The molecule has 3 aromatic rings. The van der Waals surface area contributed by atoms with Gasteiger partial charge in [-0.2, -0.15) is 0 Å². The van der Waals surface area contributed by atoms with Gasteiger partial charge in [-0.3, -0.25) is 0 Å². The van der Waals surface area contributed by atoms with Crippen LogP contribution in [0.1, 0.15) is 5.56 Å². The van der Waals surface area contributed by atoms with E-state index in [1.807, 2.05) is 30.3 Å². The van der Waals surface area contributed by atoms with Crippen LogP contribution in [0.3, 0.4) is 0 Å². The SMILES string of the molecule is COc1ccc(Br)c(Cn2ccc3cccc(N)c32)c1. The van der Waals surface area contributed by atoms with E-state index in [-0.39, 0.29) is 0 Å². The normalized spacial score (nSPS) is 10.9. The van der Waals surface area contributed by atoms with E-state index in [0.717, 1.165) is 38.9 Å². The number of benzene rings is 2. The molecule has 0 spiro atoms. The van der Waals surface area contributed by atoms with E-state index in [1.165, 1.54) is 0 Å². The van der Waals surface area contributed by atoms with Crippen LogP contribution in [-0.4, -0.2) is 11.7 Å². The quantitative estimate of drug-likeness (QED) is 0.736. The minimum absolute atomic E-state index is 0.746. The number of fused-ring (bicyclic) bond motifs is 1. The number of hydrogen-bond donors (Lipinski definition) is 1. The molecule has 0 bridgehead atoms. The maximum Gasteiger partial charge on any atom is 0.119 e. The summed E-state index contributed by atoms with van der Waals surface area (Å²) in [7, 11) is 1.68. The van der Waals surface area contributed by atoms with E-state index in [4.69, 9.17) is 10.5 Å². The molecule has 3 rings (SSSR count). The minimum atomic E-state index is 0.746. The van der Waals surface area contributed by atoms with Crippen LogP contribution < -0.4 is 10.5 Å². The molecule has 4 heteroatoms. The van der Waals surface area contributed by atoms with Gasteiger partial charge in [-0.05, 0) is 35.9 Å². The first-order valence-electron chi connectivity index (χ1n) is 6.35. The van der Waals surface area contributed by atoms with E-state index in [0.29, 0.717) is 0 Å². The van der Waals surface area contributed by atoms with Gasteiger partial charge in [0.15, 0.2) is 0 Å². The summed E-state index contributed by atoms with van der Waals surface area (Å²) in [5.74, 6) is 0.854. The molecular weight excluding hydrogens is 316 g/mol. The average Bonchev–Trinajstić information content (AvgIpc) is 2.86. The zero-order chi connectivity index (χ0) is 14.1. The van der Waals surface area contributed by atoms with Crippen molar-refractivity contribution in [1.29, 1.82) is 0 Å². The maximum absolute atomic E-state index is 6.09. The van der Waals surface area contributed by atoms with Gasteiger partial charge in [0, 0.05) is 22.6 Å². The summed E-state index contributed by atoms with van der Waals surface area (Å²) in [6, 6.07) is 14.0. The van der Waals surface area contributed by atoms with Gasteiger partial charge in [-0.1, -0.05) is 28.1 Å². The van der Waals surface area contributed by atoms with Gasteiger partial charge >= 0.3 is 0 Å². The van der Waals surface area contributed by atoms with Gasteiger partial charge in [-0.15, -0.1) is 0 Å². The van der Waals surface area contributed by atoms with E-state index in [9.17, 15) is 0 Å². The van der Waals surface area contributed by atoms with Crippen molar-refractivity contribution in [2.24, 2.45) is 0 Å². The van der Waals surface area contributed by atoms with Crippen LogP contribution in [0.4, 0.5) is 5.69 Å². The van der Waals surface area contributed by atoms with Gasteiger partial charge in [0.25, 0.3) is 0 Å². The molecule has 1 heterocycles. The van der Waals surface area contributed by atoms with Crippen molar-refractivity contribution in [1.82, 2.24) is 4.57 Å². The number of hydrogen-bond acceptors (Lipinski definition) is 2. The Bertz CT molecular complexity index is 764. The Kier molecular flexibility index (Phi) is 3.40. The molecule has 0 fully saturated rings. The molecule has 0 aliphatic carbocycles. The summed E-state index contributed by atoms with van der Waals surface area (Å²) in [6.45, 7) is 0.746. The molecule has 20 heavy (non-hydrogen) atoms. The van der Waals surface area contributed by atoms with Crippen LogP contribution >= 0.6 is 15.9 Å². The third-order valence-electron chi connectivity index (χ3n) is 3.41.